The highest BCUT2D eigenvalue weighted by molar-refractivity contribution is 5.95. The summed E-state index contributed by atoms with van der Waals surface area (Å²) in [5.41, 5.74) is 5.12. The summed E-state index contributed by atoms with van der Waals surface area (Å²) < 4.78 is 31.6. The molecule has 2 aliphatic carbocycles. The van der Waals surface area contributed by atoms with E-state index in [2.05, 4.69) is 5.32 Å². The highest BCUT2D eigenvalue weighted by atomic mass is 19.1. The molecule has 4 nitrogen and oxygen atoms in total. The van der Waals surface area contributed by atoms with E-state index in [4.69, 9.17) is 5.73 Å². The van der Waals surface area contributed by atoms with Crippen molar-refractivity contribution < 1.29 is 8.78 Å². The Morgan fingerprint density at radius 2 is 1.79 bits per heavy atom. The van der Waals surface area contributed by atoms with Crippen molar-refractivity contribution in [2.75, 3.05) is 11.1 Å². The van der Waals surface area contributed by atoms with Crippen LogP contribution >= 0.6 is 0 Å². The average Bonchev–Trinajstić information content (AvgIpc) is 3.42. The largest absolute Gasteiger partial charge is 0.396 e. The molecule has 1 aromatic carbocycles. The maximum Gasteiger partial charge on any atom is 0.191 e. The Morgan fingerprint density at radius 1 is 1.08 bits per heavy atom. The standard InChI is InChI=1S/C18H21F2N3O/c19-14-16(21)13-12(24)8-9-23(11-6-7-11)18(13)15(20)17(14)22-10-4-2-1-3-5-10/h8-11,22H,1-7,21H2. The molecule has 128 valence electrons. The minimum Gasteiger partial charge on any atom is -0.396 e. The van der Waals surface area contributed by atoms with Crippen molar-refractivity contribution in [1.82, 2.24) is 4.57 Å². The Balaban J connectivity index is 1.90. The van der Waals surface area contributed by atoms with Crippen LogP contribution in [0.2, 0.25) is 0 Å². The highest BCUT2D eigenvalue weighted by Gasteiger charge is 2.29. The number of hydrogen-bond donors (Lipinski definition) is 2. The van der Waals surface area contributed by atoms with Crippen LogP contribution in [0.4, 0.5) is 20.2 Å². The predicted molar refractivity (Wildman–Crippen MR) is 91.3 cm³/mol. The molecule has 0 aliphatic heterocycles. The number of fused-ring (bicyclic) bond motifs is 1. The van der Waals surface area contributed by atoms with Crippen LogP contribution < -0.4 is 16.5 Å². The second kappa shape index (κ2) is 5.76. The van der Waals surface area contributed by atoms with Gasteiger partial charge in [0.05, 0.1) is 16.6 Å². The molecule has 0 amide bonds. The van der Waals surface area contributed by atoms with E-state index >= 15 is 4.39 Å². The van der Waals surface area contributed by atoms with Crippen LogP contribution in [0.3, 0.4) is 0 Å². The fourth-order valence-electron chi connectivity index (χ4n) is 3.73. The first-order valence-electron chi connectivity index (χ1n) is 8.65. The van der Waals surface area contributed by atoms with Gasteiger partial charge >= 0.3 is 0 Å². The lowest BCUT2D eigenvalue weighted by Crippen LogP contribution is -2.24. The first-order chi connectivity index (χ1) is 11.6. The second-order valence-electron chi connectivity index (χ2n) is 6.94. The maximum atomic E-state index is 15.2. The molecule has 0 unspecified atom stereocenters. The summed E-state index contributed by atoms with van der Waals surface area (Å²) >= 11 is 0. The third kappa shape index (κ3) is 2.44. The van der Waals surface area contributed by atoms with Crippen molar-refractivity contribution >= 4 is 22.3 Å². The lowest BCUT2D eigenvalue weighted by molar-refractivity contribution is 0.458. The van der Waals surface area contributed by atoms with Crippen molar-refractivity contribution in [2.24, 2.45) is 0 Å². The van der Waals surface area contributed by atoms with E-state index in [1.807, 2.05) is 0 Å². The number of anilines is 2. The molecule has 24 heavy (non-hydrogen) atoms. The second-order valence-corrected chi connectivity index (χ2v) is 6.94. The van der Waals surface area contributed by atoms with Gasteiger partial charge in [-0.1, -0.05) is 19.3 Å². The van der Waals surface area contributed by atoms with Crippen LogP contribution in [0.5, 0.6) is 0 Å². The van der Waals surface area contributed by atoms with Crippen molar-refractivity contribution in [1.29, 1.82) is 0 Å². The van der Waals surface area contributed by atoms with Gasteiger partial charge in [-0.2, -0.15) is 0 Å². The third-order valence-corrected chi connectivity index (χ3v) is 5.17. The number of nitrogens with two attached hydrogens (primary N) is 1. The molecule has 6 heteroatoms. The number of rotatable bonds is 3. The fourth-order valence-corrected chi connectivity index (χ4v) is 3.73. The van der Waals surface area contributed by atoms with Crippen molar-refractivity contribution in [3.63, 3.8) is 0 Å². The number of aromatic nitrogens is 1. The number of halogens is 2. The molecular weight excluding hydrogens is 312 g/mol. The first-order valence-corrected chi connectivity index (χ1v) is 8.65. The molecule has 2 aromatic rings. The molecule has 4 rings (SSSR count). The van der Waals surface area contributed by atoms with Gasteiger partial charge in [-0.25, -0.2) is 8.78 Å². The fraction of sp³-hybridized carbons (Fsp3) is 0.500. The lowest BCUT2D eigenvalue weighted by atomic mass is 9.95. The van der Waals surface area contributed by atoms with Gasteiger partial charge < -0.3 is 15.6 Å². The summed E-state index contributed by atoms with van der Waals surface area (Å²) in [7, 11) is 0. The van der Waals surface area contributed by atoms with E-state index in [-0.39, 0.29) is 34.4 Å². The van der Waals surface area contributed by atoms with Crippen LogP contribution in [0.25, 0.3) is 10.9 Å². The average molecular weight is 333 g/mol. The van der Waals surface area contributed by atoms with E-state index in [1.54, 1.807) is 10.8 Å². The quantitative estimate of drug-likeness (QED) is 0.836. The van der Waals surface area contributed by atoms with Crippen LogP contribution in [0.15, 0.2) is 17.1 Å². The summed E-state index contributed by atoms with van der Waals surface area (Å²) in [4.78, 5) is 12.2. The van der Waals surface area contributed by atoms with E-state index in [9.17, 15) is 9.18 Å². The number of benzene rings is 1. The van der Waals surface area contributed by atoms with Crippen LogP contribution in [0, 0.1) is 11.6 Å². The van der Waals surface area contributed by atoms with Crippen LogP contribution in [0.1, 0.15) is 51.0 Å². The minimum absolute atomic E-state index is 0.0457. The van der Waals surface area contributed by atoms with Gasteiger partial charge in [0.15, 0.2) is 17.1 Å². The highest BCUT2D eigenvalue weighted by Crippen LogP contribution is 2.40. The molecule has 3 N–H and O–H groups in total. The number of nitrogens with one attached hydrogen (secondary N) is 1. The summed E-state index contributed by atoms with van der Waals surface area (Å²) in [6, 6.07) is 1.55. The summed E-state index contributed by atoms with van der Waals surface area (Å²) in [5, 5.41) is 2.96. The van der Waals surface area contributed by atoms with Gasteiger partial charge in [-0.05, 0) is 25.7 Å². The van der Waals surface area contributed by atoms with Gasteiger partial charge in [0, 0.05) is 24.3 Å². The predicted octanol–water partition coefficient (Wildman–Crippen LogP) is 3.94. The van der Waals surface area contributed by atoms with Crippen LogP contribution in [-0.4, -0.2) is 10.6 Å². The Morgan fingerprint density at radius 3 is 2.46 bits per heavy atom. The van der Waals surface area contributed by atoms with Crippen molar-refractivity contribution in [2.45, 2.75) is 57.0 Å². The molecular formula is C18H21F2N3O. The molecule has 0 saturated heterocycles. The Hall–Kier alpha value is -2.11. The van der Waals surface area contributed by atoms with Gasteiger partial charge in [0.1, 0.15) is 5.69 Å². The Bertz CT molecular complexity index is 852. The number of pyridine rings is 1. The monoisotopic (exact) mass is 333 g/mol. The van der Waals surface area contributed by atoms with E-state index in [0.29, 0.717) is 0 Å². The summed E-state index contributed by atoms with van der Waals surface area (Å²) in [5.74, 6) is -1.55. The normalized spacial score (nSPS) is 18.9. The van der Waals surface area contributed by atoms with Crippen molar-refractivity contribution in [3.8, 4) is 0 Å². The van der Waals surface area contributed by atoms with Gasteiger partial charge in [0.25, 0.3) is 0 Å². The van der Waals surface area contributed by atoms with E-state index < -0.39 is 17.1 Å². The molecule has 1 heterocycles. The molecule has 2 aliphatic rings. The molecule has 0 spiro atoms. The molecule has 0 bridgehead atoms. The Labute approximate surface area is 138 Å². The topological polar surface area (TPSA) is 60.0 Å². The molecule has 0 radical (unpaired) electrons. The third-order valence-electron chi connectivity index (χ3n) is 5.17. The molecule has 0 atom stereocenters. The van der Waals surface area contributed by atoms with E-state index in [0.717, 1.165) is 44.9 Å². The SMILES string of the molecule is Nc1c(F)c(NC2CCCCC2)c(F)c2c1c(=O)ccn2C1CC1. The lowest BCUT2D eigenvalue weighted by Gasteiger charge is -2.25. The zero-order chi connectivity index (χ0) is 16.8. The minimum atomic E-state index is -0.851. The zero-order valence-electron chi connectivity index (χ0n) is 13.4. The molecule has 2 saturated carbocycles. The number of hydrogen-bond acceptors (Lipinski definition) is 3. The van der Waals surface area contributed by atoms with Gasteiger partial charge in [0.2, 0.25) is 0 Å². The number of nitrogen functional groups attached to an aromatic ring is 1. The van der Waals surface area contributed by atoms with Crippen LogP contribution in [-0.2, 0) is 0 Å². The Kier molecular flexibility index (Phi) is 3.70. The van der Waals surface area contributed by atoms with Gasteiger partial charge in [-0.15, -0.1) is 0 Å². The maximum absolute atomic E-state index is 15.2. The van der Waals surface area contributed by atoms with Gasteiger partial charge in [-0.3, -0.25) is 4.79 Å². The first kappa shape index (κ1) is 15.4. The zero-order valence-corrected chi connectivity index (χ0v) is 13.4. The van der Waals surface area contributed by atoms with E-state index in [1.165, 1.54) is 6.07 Å². The summed E-state index contributed by atoms with van der Waals surface area (Å²) in [6.07, 6.45) is 8.49. The smallest absolute Gasteiger partial charge is 0.191 e. The molecule has 2 fully saturated rings. The van der Waals surface area contributed by atoms with Crippen molar-refractivity contribution in [3.05, 3.63) is 34.1 Å². The molecule has 1 aromatic heterocycles. The number of nitrogens with zero attached hydrogens (tertiary/aromatic N) is 1. The summed E-state index contributed by atoms with van der Waals surface area (Å²) in [6.45, 7) is 0.